The summed E-state index contributed by atoms with van der Waals surface area (Å²) in [6.07, 6.45) is 0. The second-order valence-electron chi connectivity index (χ2n) is 5.37. The lowest BCUT2D eigenvalue weighted by Crippen LogP contribution is -2.16. The zero-order chi connectivity index (χ0) is 16.6. The van der Waals surface area contributed by atoms with Crippen LogP contribution >= 0.6 is 0 Å². The van der Waals surface area contributed by atoms with Crippen LogP contribution in [0.5, 0.6) is 11.8 Å². The lowest BCUT2D eigenvalue weighted by atomic mass is 10.0. The van der Waals surface area contributed by atoms with Gasteiger partial charge in [0.15, 0.2) is 0 Å². The molecule has 0 radical (unpaired) electrons. The first kappa shape index (κ1) is 15.1. The standard InChI is InChI=1S/C18H18N2O3/c1-11-9-17(21)20(2)15-10-12(5-6-13(11)15)14-7-8-16(22-3)19-18(14)23-4/h5-10H,1-4H3. The molecular formula is C18H18N2O3. The smallest absolute Gasteiger partial charge is 0.251 e. The van der Waals surface area contributed by atoms with Crippen molar-refractivity contribution < 1.29 is 9.47 Å². The Kier molecular flexibility index (Phi) is 3.78. The molecule has 0 amide bonds. The molecule has 0 aliphatic rings. The van der Waals surface area contributed by atoms with Gasteiger partial charge in [0.25, 0.3) is 5.56 Å². The minimum absolute atomic E-state index is 0.0213. The molecule has 1 aromatic carbocycles. The molecule has 0 saturated carbocycles. The van der Waals surface area contributed by atoms with E-state index in [0.29, 0.717) is 11.8 Å². The van der Waals surface area contributed by atoms with E-state index in [4.69, 9.17) is 9.47 Å². The highest BCUT2D eigenvalue weighted by Crippen LogP contribution is 2.32. The maximum atomic E-state index is 12.0. The van der Waals surface area contributed by atoms with Crippen LogP contribution in [0.4, 0.5) is 0 Å². The highest BCUT2D eigenvalue weighted by molar-refractivity contribution is 5.87. The zero-order valence-corrected chi connectivity index (χ0v) is 13.6. The maximum absolute atomic E-state index is 12.0. The van der Waals surface area contributed by atoms with Crippen molar-refractivity contribution >= 4 is 10.9 Å². The molecule has 0 bridgehead atoms. The van der Waals surface area contributed by atoms with Crippen molar-refractivity contribution in [3.8, 4) is 22.9 Å². The van der Waals surface area contributed by atoms with Crippen LogP contribution in [-0.4, -0.2) is 23.8 Å². The van der Waals surface area contributed by atoms with Crippen LogP contribution in [0.25, 0.3) is 22.0 Å². The molecule has 3 rings (SSSR count). The van der Waals surface area contributed by atoms with Gasteiger partial charge in [-0.2, -0.15) is 4.98 Å². The number of methoxy groups -OCH3 is 2. The van der Waals surface area contributed by atoms with Gasteiger partial charge in [0.05, 0.1) is 19.7 Å². The van der Waals surface area contributed by atoms with Crippen LogP contribution in [0.2, 0.25) is 0 Å². The first-order chi connectivity index (χ1) is 11.0. The fourth-order valence-electron chi connectivity index (χ4n) is 2.70. The summed E-state index contributed by atoms with van der Waals surface area (Å²) < 4.78 is 12.2. The van der Waals surface area contributed by atoms with Gasteiger partial charge in [0, 0.05) is 30.1 Å². The van der Waals surface area contributed by atoms with Gasteiger partial charge in [0.1, 0.15) is 0 Å². The minimum atomic E-state index is -0.0213. The highest BCUT2D eigenvalue weighted by Gasteiger charge is 2.11. The molecule has 23 heavy (non-hydrogen) atoms. The number of hydrogen-bond donors (Lipinski definition) is 0. The Balaban J connectivity index is 2.26. The molecule has 3 aromatic rings. The lowest BCUT2D eigenvalue weighted by Gasteiger charge is -2.12. The molecule has 0 unspecified atom stereocenters. The molecule has 2 aromatic heterocycles. The van der Waals surface area contributed by atoms with Crippen LogP contribution in [-0.2, 0) is 7.05 Å². The first-order valence-electron chi connectivity index (χ1n) is 7.25. The number of aromatic nitrogens is 2. The first-order valence-corrected chi connectivity index (χ1v) is 7.25. The van der Waals surface area contributed by atoms with E-state index in [1.165, 1.54) is 0 Å². The quantitative estimate of drug-likeness (QED) is 0.746. The van der Waals surface area contributed by atoms with Gasteiger partial charge < -0.3 is 14.0 Å². The largest absolute Gasteiger partial charge is 0.481 e. The van der Waals surface area contributed by atoms with Gasteiger partial charge in [-0.15, -0.1) is 0 Å². The molecule has 0 atom stereocenters. The number of ether oxygens (including phenoxy) is 2. The molecule has 0 aliphatic carbocycles. The maximum Gasteiger partial charge on any atom is 0.251 e. The van der Waals surface area contributed by atoms with Crippen molar-refractivity contribution in [1.82, 2.24) is 9.55 Å². The molecule has 118 valence electrons. The summed E-state index contributed by atoms with van der Waals surface area (Å²) in [4.78, 5) is 16.3. The fraction of sp³-hybridized carbons (Fsp3) is 0.222. The van der Waals surface area contributed by atoms with Crippen molar-refractivity contribution in [3.05, 3.63) is 52.3 Å². The predicted molar refractivity (Wildman–Crippen MR) is 90.3 cm³/mol. The average molecular weight is 310 g/mol. The van der Waals surface area contributed by atoms with Crippen molar-refractivity contribution in [2.45, 2.75) is 6.92 Å². The SMILES string of the molecule is COc1ccc(-c2ccc3c(C)cc(=O)n(C)c3c2)c(OC)n1. The van der Waals surface area contributed by atoms with Crippen molar-refractivity contribution in [2.24, 2.45) is 7.05 Å². The number of pyridine rings is 2. The summed E-state index contributed by atoms with van der Waals surface area (Å²) in [5, 5.41) is 1.05. The molecule has 5 heteroatoms. The Bertz CT molecular complexity index is 945. The number of nitrogens with zero attached hydrogens (tertiary/aromatic N) is 2. The zero-order valence-electron chi connectivity index (χ0n) is 13.6. The van der Waals surface area contributed by atoms with Gasteiger partial charge in [-0.05, 0) is 30.2 Å². The van der Waals surface area contributed by atoms with E-state index < -0.39 is 0 Å². The fourth-order valence-corrected chi connectivity index (χ4v) is 2.70. The number of aryl methyl sites for hydroxylation is 2. The van der Waals surface area contributed by atoms with Crippen LogP contribution in [0.3, 0.4) is 0 Å². The molecule has 0 spiro atoms. The Morgan fingerprint density at radius 2 is 1.83 bits per heavy atom. The van der Waals surface area contributed by atoms with Gasteiger partial charge in [0.2, 0.25) is 11.8 Å². The van der Waals surface area contributed by atoms with Crippen LogP contribution in [0.15, 0.2) is 41.2 Å². The summed E-state index contributed by atoms with van der Waals surface area (Å²) in [5.74, 6) is 0.982. The molecule has 0 fully saturated rings. The van der Waals surface area contributed by atoms with E-state index in [1.807, 2.05) is 31.2 Å². The van der Waals surface area contributed by atoms with Crippen molar-refractivity contribution in [1.29, 1.82) is 0 Å². The topological polar surface area (TPSA) is 53.4 Å². The Labute approximate surface area is 134 Å². The summed E-state index contributed by atoms with van der Waals surface area (Å²) >= 11 is 0. The van der Waals surface area contributed by atoms with Crippen molar-refractivity contribution in [3.63, 3.8) is 0 Å². The lowest BCUT2D eigenvalue weighted by molar-refractivity contribution is 0.366. The average Bonchev–Trinajstić information content (AvgIpc) is 2.58. The summed E-state index contributed by atoms with van der Waals surface area (Å²) in [5.41, 5.74) is 3.61. The second kappa shape index (κ2) is 5.76. The third-order valence-electron chi connectivity index (χ3n) is 4.00. The third kappa shape index (κ3) is 2.54. The van der Waals surface area contributed by atoms with E-state index in [-0.39, 0.29) is 5.56 Å². The Morgan fingerprint density at radius 1 is 1.04 bits per heavy atom. The Hall–Kier alpha value is -2.82. The highest BCUT2D eigenvalue weighted by atomic mass is 16.5. The molecule has 0 saturated heterocycles. The van der Waals surface area contributed by atoms with E-state index >= 15 is 0 Å². The number of hydrogen-bond acceptors (Lipinski definition) is 4. The van der Waals surface area contributed by atoms with Crippen LogP contribution in [0, 0.1) is 6.92 Å². The molecular weight excluding hydrogens is 292 g/mol. The summed E-state index contributed by atoms with van der Waals surface area (Å²) in [6, 6.07) is 11.3. The van der Waals surface area contributed by atoms with E-state index in [0.717, 1.165) is 27.6 Å². The van der Waals surface area contributed by atoms with Gasteiger partial charge in [-0.25, -0.2) is 0 Å². The third-order valence-corrected chi connectivity index (χ3v) is 4.00. The number of fused-ring (bicyclic) bond motifs is 1. The summed E-state index contributed by atoms with van der Waals surface area (Å²) in [6.45, 7) is 1.94. The van der Waals surface area contributed by atoms with E-state index in [1.54, 1.807) is 38.0 Å². The van der Waals surface area contributed by atoms with Crippen LogP contribution < -0.4 is 15.0 Å². The number of benzene rings is 1. The normalized spacial score (nSPS) is 10.8. The summed E-state index contributed by atoms with van der Waals surface area (Å²) in [7, 11) is 4.92. The minimum Gasteiger partial charge on any atom is -0.481 e. The Morgan fingerprint density at radius 3 is 2.52 bits per heavy atom. The second-order valence-corrected chi connectivity index (χ2v) is 5.37. The molecule has 0 N–H and O–H groups in total. The molecule has 0 aliphatic heterocycles. The molecule has 2 heterocycles. The predicted octanol–water partition coefficient (Wildman–Crippen LogP) is 2.93. The van der Waals surface area contributed by atoms with Crippen LogP contribution in [0.1, 0.15) is 5.56 Å². The molecule has 5 nitrogen and oxygen atoms in total. The van der Waals surface area contributed by atoms with Gasteiger partial charge in [-0.3, -0.25) is 4.79 Å². The van der Waals surface area contributed by atoms with Gasteiger partial charge >= 0.3 is 0 Å². The number of rotatable bonds is 3. The monoisotopic (exact) mass is 310 g/mol. The van der Waals surface area contributed by atoms with E-state index in [9.17, 15) is 4.79 Å². The van der Waals surface area contributed by atoms with Crippen molar-refractivity contribution in [2.75, 3.05) is 14.2 Å². The van der Waals surface area contributed by atoms with Gasteiger partial charge in [-0.1, -0.05) is 12.1 Å². The van der Waals surface area contributed by atoms with E-state index in [2.05, 4.69) is 4.98 Å².